The van der Waals surface area contributed by atoms with Crippen molar-refractivity contribution in [3.8, 4) is 0 Å². The lowest BCUT2D eigenvalue weighted by atomic mass is 10.0. The third-order valence-corrected chi connectivity index (χ3v) is 3.13. The normalized spacial score (nSPS) is 13.0. The summed E-state index contributed by atoms with van der Waals surface area (Å²) in [5, 5.41) is 0. The minimum atomic E-state index is 0.532. The molecule has 0 aliphatic carbocycles. The van der Waals surface area contributed by atoms with E-state index in [-0.39, 0.29) is 0 Å². The van der Waals surface area contributed by atoms with Gasteiger partial charge in [0.2, 0.25) is 0 Å². The van der Waals surface area contributed by atoms with E-state index in [0.717, 1.165) is 6.42 Å². The molecule has 0 aliphatic rings. The number of unbranched alkanes of at least 4 members (excludes halogenated alkanes) is 7. The maximum atomic E-state index is 5.43. The van der Waals surface area contributed by atoms with Crippen molar-refractivity contribution in [2.75, 3.05) is 0 Å². The molecule has 3 N–H and O–H groups in total. The van der Waals surface area contributed by atoms with Crippen LogP contribution in [0.5, 0.6) is 0 Å². The minimum absolute atomic E-state index is 0.532. The smallest absolute Gasteiger partial charge is 0.0207 e. The Morgan fingerprint density at radius 2 is 1.40 bits per heavy atom. The topological polar surface area (TPSA) is 38.0 Å². The highest BCUT2D eigenvalue weighted by molar-refractivity contribution is 4.60. The number of hydrogen-bond acceptors (Lipinski definition) is 2. The zero-order chi connectivity index (χ0) is 11.4. The summed E-state index contributed by atoms with van der Waals surface area (Å²) in [7, 11) is 0. The zero-order valence-corrected chi connectivity index (χ0v) is 10.7. The highest BCUT2D eigenvalue weighted by Crippen LogP contribution is 2.11. The molecule has 0 aliphatic heterocycles. The predicted octanol–water partition coefficient (Wildman–Crippen LogP) is 3.76. The fraction of sp³-hybridized carbons (Fsp3) is 1.00. The van der Waals surface area contributed by atoms with E-state index in [1.165, 1.54) is 57.8 Å². The van der Waals surface area contributed by atoms with Gasteiger partial charge in [-0.1, -0.05) is 65.2 Å². The second kappa shape index (κ2) is 12.0. The van der Waals surface area contributed by atoms with Crippen molar-refractivity contribution >= 4 is 0 Å². The van der Waals surface area contributed by atoms with Crippen LogP contribution in [0, 0.1) is 0 Å². The fourth-order valence-corrected chi connectivity index (χ4v) is 1.93. The van der Waals surface area contributed by atoms with Crippen LogP contribution in [0.2, 0.25) is 0 Å². The molecule has 0 saturated heterocycles. The van der Waals surface area contributed by atoms with Crippen LogP contribution < -0.4 is 11.3 Å². The van der Waals surface area contributed by atoms with Crippen molar-refractivity contribution in [2.45, 2.75) is 84.1 Å². The molecule has 2 heteroatoms. The lowest BCUT2D eigenvalue weighted by molar-refractivity contribution is 0.450. The molecular formula is C13H30N2. The van der Waals surface area contributed by atoms with Crippen molar-refractivity contribution < 1.29 is 0 Å². The van der Waals surface area contributed by atoms with E-state index in [1.807, 2.05) is 0 Å². The van der Waals surface area contributed by atoms with E-state index in [4.69, 9.17) is 5.84 Å². The first-order valence-corrected chi connectivity index (χ1v) is 6.81. The number of nitrogens with two attached hydrogens (primary N) is 1. The molecular weight excluding hydrogens is 184 g/mol. The van der Waals surface area contributed by atoms with E-state index < -0.39 is 0 Å². The van der Waals surface area contributed by atoms with Crippen molar-refractivity contribution in [2.24, 2.45) is 5.84 Å². The van der Waals surface area contributed by atoms with Gasteiger partial charge >= 0.3 is 0 Å². The van der Waals surface area contributed by atoms with E-state index >= 15 is 0 Å². The van der Waals surface area contributed by atoms with Crippen LogP contribution in [0.25, 0.3) is 0 Å². The Labute approximate surface area is 96.0 Å². The molecule has 0 radical (unpaired) electrons. The first kappa shape index (κ1) is 14.9. The Bertz CT molecular complexity index is 111. The third kappa shape index (κ3) is 10.2. The summed E-state index contributed by atoms with van der Waals surface area (Å²) >= 11 is 0. The largest absolute Gasteiger partial charge is 0.271 e. The van der Waals surface area contributed by atoms with Crippen molar-refractivity contribution in [1.29, 1.82) is 0 Å². The molecule has 15 heavy (non-hydrogen) atoms. The SMILES string of the molecule is CCCCCCCCCCC(CC)NN. The number of hydrazine groups is 1. The molecule has 2 nitrogen and oxygen atoms in total. The van der Waals surface area contributed by atoms with Gasteiger partial charge in [0.05, 0.1) is 0 Å². The molecule has 1 atom stereocenters. The van der Waals surface area contributed by atoms with Crippen LogP contribution in [0.3, 0.4) is 0 Å². The van der Waals surface area contributed by atoms with Gasteiger partial charge in [-0.25, -0.2) is 0 Å². The van der Waals surface area contributed by atoms with Gasteiger partial charge in [0.1, 0.15) is 0 Å². The average molecular weight is 214 g/mol. The predicted molar refractivity (Wildman–Crippen MR) is 68.6 cm³/mol. The molecule has 0 fully saturated rings. The minimum Gasteiger partial charge on any atom is -0.271 e. The molecule has 0 aromatic rings. The quantitative estimate of drug-likeness (QED) is 0.312. The highest BCUT2D eigenvalue weighted by Gasteiger charge is 2.01. The van der Waals surface area contributed by atoms with E-state index in [9.17, 15) is 0 Å². The monoisotopic (exact) mass is 214 g/mol. The lowest BCUT2D eigenvalue weighted by Crippen LogP contribution is -2.34. The summed E-state index contributed by atoms with van der Waals surface area (Å²) in [5.74, 6) is 5.43. The standard InChI is InChI=1S/C13H30N2/c1-3-5-6-7-8-9-10-11-12-13(4-2)15-14/h13,15H,3-12,14H2,1-2H3. The highest BCUT2D eigenvalue weighted by atomic mass is 15.2. The van der Waals surface area contributed by atoms with Crippen LogP contribution in [0.15, 0.2) is 0 Å². The van der Waals surface area contributed by atoms with Gasteiger partial charge in [-0.15, -0.1) is 0 Å². The van der Waals surface area contributed by atoms with Crippen molar-refractivity contribution in [3.63, 3.8) is 0 Å². The van der Waals surface area contributed by atoms with Crippen LogP contribution in [0.1, 0.15) is 78.1 Å². The Morgan fingerprint density at radius 1 is 0.867 bits per heavy atom. The van der Waals surface area contributed by atoms with Gasteiger partial charge in [-0.2, -0.15) is 0 Å². The van der Waals surface area contributed by atoms with Gasteiger partial charge in [-0.3, -0.25) is 11.3 Å². The van der Waals surface area contributed by atoms with Gasteiger partial charge < -0.3 is 0 Å². The maximum Gasteiger partial charge on any atom is 0.0207 e. The summed E-state index contributed by atoms with van der Waals surface area (Å²) in [6.07, 6.45) is 13.5. The Hall–Kier alpha value is -0.0800. The molecule has 0 spiro atoms. The maximum absolute atomic E-state index is 5.43. The molecule has 1 unspecified atom stereocenters. The lowest BCUT2D eigenvalue weighted by Gasteiger charge is -2.12. The Kier molecular flexibility index (Phi) is 11.9. The second-order valence-electron chi connectivity index (χ2n) is 4.54. The number of nitrogens with one attached hydrogen (secondary N) is 1. The molecule has 0 heterocycles. The summed E-state index contributed by atoms with van der Waals surface area (Å²) < 4.78 is 0. The van der Waals surface area contributed by atoms with Crippen molar-refractivity contribution in [1.82, 2.24) is 5.43 Å². The van der Waals surface area contributed by atoms with Gasteiger partial charge in [0, 0.05) is 6.04 Å². The molecule has 0 bridgehead atoms. The molecule has 92 valence electrons. The summed E-state index contributed by atoms with van der Waals surface area (Å²) in [4.78, 5) is 0. The first-order valence-electron chi connectivity index (χ1n) is 6.81. The van der Waals surface area contributed by atoms with Crippen molar-refractivity contribution in [3.05, 3.63) is 0 Å². The summed E-state index contributed by atoms with van der Waals surface area (Å²) in [6.45, 7) is 4.46. The Balaban J connectivity index is 3.04. The molecule has 0 rings (SSSR count). The van der Waals surface area contributed by atoms with Crippen LogP contribution in [0.4, 0.5) is 0 Å². The molecule has 0 aromatic heterocycles. The average Bonchev–Trinajstić information content (AvgIpc) is 2.27. The Morgan fingerprint density at radius 3 is 1.87 bits per heavy atom. The zero-order valence-electron chi connectivity index (χ0n) is 10.7. The number of rotatable bonds is 11. The van der Waals surface area contributed by atoms with Gasteiger partial charge in [0.15, 0.2) is 0 Å². The van der Waals surface area contributed by atoms with Gasteiger partial charge in [-0.05, 0) is 12.8 Å². The van der Waals surface area contributed by atoms with E-state index in [0.29, 0.717) is 6.04 Å². The second-order valence-corrected chi connectivity index (χ2v) is 4.54. The summed E-state index contributed by atoms with van der Waals surface area (Å²) in [6, 6.07) is 0.532. The van der Waals surface area contributed by atoms with E-state index in [2.05, 4.69) is 19.3 Å². The molecule has 0 saturated carbocycles. The van der Waals surface area contributed by atoms with Gasteiger partial charge in [0.25, 0.3) is 0 Å². The van der Waals surface area contributed by atoms with E-state index in [1.54, 1.807) is 0 Å². The van der Waals surface area contributed by atoms with Crippen LogP contribution >= 0.6 is 0 Å². The van der Waals surface area contributed by atoms with Crippen LogP contribution in [-0.4, -0.2) is 6.04 Å². The molecule has 0 aromatic carbocycles. The fourth-order valence-electron chi connectivity index (χ4n) is 1.93. The first-order chi connectivity index (χ1) is 7.35. The summed E-state index contributed by atoms with van der Waals surface area (Å²) in [5.41, 5.74) is 2.87. The molecule has 0 amide bonds. The number of hydrogen-bond donors (Lipinski definition) is 2. The third-order valence-electron chi connectivity index (χ3n) is 3.13. The van der Waals surface area contributed by atoms with Crippen LogP contribution in [-0.2, 0) is 0 Å².